The van der Waals surface area contributed by atoms with Crippen molar-refractivity contribution in [1.29, 1.82) is 0 Å². The molecule has 7 heteroatoms. The van der Waals surface area contributed by atoms with Crippen LogP contribution in [-0.2, 0) is 0 Å². The van der Waals surface area contributed by atoms with Crippen LogP contribution in [0.25, 0.3) is 0 Å². The van der Waals surface area contributed by atoms with Crippen molar-refractivity contribution in [2.24, 2.45) is 0 Å². The molecule has 0 spiro atoms. The number of benzene rings is 1. The molecule has 5 nitrogen and oxygen atoms in total. The van der Waals surface area contributed by atoms with Crippen LogP contribution in [0, 0.1) is 9.39 Å². The molecule has 0 radical (unpaired) electrons. The van der Waals surface area contributed by atoms with E-state index in [0.717, 1.165) is 0 Å². The summed E-state index contributed by atoms with van der Waals surface area (Å²) in [5.74, 6) is -0.315. The Morgan fingerprint density at radius 3 is 2.72 bits per heavy atom. The second kappa shape index (κ2) is 6.62. The first-order chi connectivity index (χ1) is 8.41. The third-order valence-corrected chi connectivity index (χ3v) is 3.04. The van der Waals surface area contributed by atoms with Gasteiger partial charge >= 0.3 is 6.03 Å². The summed E-state index contributed by atoms with van der Waals surface area (Å²) in [6, 6.07) is 2.75. The third kappa shape index (κ3) is 4.21. The zero-order valence-electron chi connectivity index (χ0n) is 10.3. The van der Waals surface area contributed by atoms with Crippen molar-refractivity contribution >= 4 is 40.0 Å². The molecule has 0 fully saturated rings. The van der Waals surface area contributed by atoms with Crippen LogP contribution in [-0.4, -0.2) is 38.1 Å². The zero-order valence-corrected chi connectivity index (χ0v) is 12.4. The van der Waals surface area contributed by atoms with E-state index in [0.29, 0.717) is 28.0 Å². The summed E-state index contributed by atoms with van der Waals surface area (Å²) in [4.78, 5) is 12.7. The number of anilines is 2. The SMILES string of the molecule is CN(C)C(=O)NCCNc1cc(F)c(I)cc1N. The lowest BCUT2D eigenvalue weighted by atomic mass is 10.2. The van der Waals surface area contributed by atoms with Gasteiger partial charge in [0, 0.05) is 33.3 Å². The predicted octanol–water partition coefficient (Wildman–Crippen LogP) is 1.70. The van der Waals surface area contributed by atoms with Crippen LogP contribution in [0.4, 0.5) is 20.6 Å². The number of nitrogens with two attached hydrogens (primary N) is 1. The van der Waals surface area contributed by atoms with Gasteiger partial charge in [-0.3, -0.25) is 0 Å². The van der Waals surface area contributed by atoms with E-state index in [1.807, 2.05) is 22.6 Å². The normalized spacial score (nSPS) is 10.0. The Kier molecular flexibility index (Phi) is 5.45. The Labute approximate surface area is 119 Å². The van der Waals surface area contributed by atoms with Gasteiger partial charge in [-0.15, -0.1) is 0 Å². The van der Waals surface area contributed by atoms with Gasteiger partial charge in [0.15, 0.2) is 0 Å². The third-order valence-electron chi connectivity index (χ3n) is 2.22. The highest BCUT2D eigenvalue weighted by Gasteiger charge is 2.06. The Morgan fingerprint density at radius 1 is 1.44 bits per heavy atom. The summed E-state index contributed by atoms with van der Waals surface area (Å²) < 4.78 is 13.8. The second-order valence-electron chi connectivity index (χ2n) is 3.91. The van der Waals surface area contributed by atoms with Gasteiger partial charge in [0.1, 0.15) is 5.82 Å². The van der Waals surface area contributed by atoms with Gasteiger partial charge in [-0.2, -0.15) is 0 Å². The van der Waals surface area contributed by atoms with Crippen molar-refractivity contribution in [3.63, 3.8) is 0 Å². The highest BCUT2D eigenvalue weighted by Crippen LogP contribution is 2.23. The molecule has 1 rings (SSSR count). The van der Waals surface area contributed by atoms with Crippen LogP contribution in [0.3, 0.4) is 0 Å². The summed E-state index contributed by atoms with van der Waals surface area (Å²) in [5.41, 5.74) is 6.77. The average molecular weight is 366 g/mol. The fraction of sp³-hybridized carbons (Fsp3) is 0.364. The molecule has 100 valence electrons. The van der Waals surface area contributed by atoms with E-state index in [1.54, 1.807) is 20.2 Å². The van der Waals surface area contributed by atoms with Crippen molar-refractivity contribution < 1.29 is 9.18 Å². The number of urea groups is 1. The van der Waals surface area contributed by atoms with Crippen molar-refractivity contribution in [2.45, 2.75) is 0 Å². The Bertz CT molecular complexity index is 439. The highest BCUT2D eigenvalue weighted by atomic mass is 127. The standard InChI is InChI=1S/C11H16FIN4O/c1-17(2)11(18)16-4-3-15-10-5-7(12)8(13)6-9(10)14/h5-6,15H,3-4,14H2,1-2H3,(H,16,18). The summed E-state index contributed by atoms with van der Waals surface area (Å²) in [5, 5.41) is 5.66. The van der Waals surface area contributed by atoms with Crippen LogP contribution in [0.1, 0.15) is 0 Å². The zero-order chi connectivity index (χ0) is 13.7. The number of nitrogen functional groups attached to an aromatic ring is 1. The minimum Gasteiger partial charge on any atom is -0.397 e. The van der Waals surface area contributed by atoms with Crippen LogP contribution in [0.2, 0.25) is 0 Å². The quantitative estimate of drug-likeness (QED) is 0.432. The lowest BCUT2D eigenvalue weighted by Crippen LogP contribution is -2.37. The van der Waals surface area contributed by atoms with Gasteiger partial charge in [0.2, 0.25) is 0 Å². The van der Waals surface area contributed by atoms with Gasteiger partial charge < -0.3 is 21.3 Å². The number of amides is 2. The van der Waals surface area contributed by atoms with Crippen molar-refractivity contribution in [1.82, 2.24) is 10.2 Å². The second-order valence-corrected chi connectivity index (χ2v) is 5.07. The first-order valence-corrected chi connectivity index (χ1v) is 6.43. The predicted molar refractivity (Wildman–Crippen MR) is 79.1 cm³/mol. The van der Waals surface area contributed by atoms with Crippen molar-refractivity contribution in [3.8, 4) is 0 Å². The van der Waals surface area contributed by atoms with E-state index in [2.05, 4.69) is 10.6 Å². The number of hydrogen-bond acceptors (Lipinski definition) is 3. The molecule has 0 aliphatic heterocycles. The summed E-state index contributed by atoms with van der Waals surface area (Å²) >= 11 is 1.88. The van der Waals surface area contributed by atoms with Crippen LogP contribution in [0.5, 0.6) is 0 Å². The summed E-state index contributed by atoms with van der Waals surface area (Å²) in [7, 11) is 3.32. The molecule has 0 saturated heterocycles. The van der Waals surface area contributed by atoms with Crippen LogP contribution < -0.4 is 16.4 Å². The van der Waals surface area contributed by atoms with Gasteiger partial charge in [-0.25, -0.2) is 9.18 Å². The molecular formula is C11H16FIN4O. The fourth-order valence-corrected chi connectivity index (χ4v) is 1.73. The van der Waals surface area contributed by atoms with E-state index < -0.39 is 0 Å². The molecule has 0 unspecified atom stereocenters. The van der Waals surface area contributed by atoms with E-state index in [1.165, 1.54) is 11.0 Å². The van der Waals surface area contributed by atoms with Crippen LogP contribution in [0.15, 0.2) is 12.1 Å². The van der Waals surface area contributed by atoms with Crippen molar-refractivity contribution in [3.05, 3.63) is 21.5 Å². The fourth-order valence-electron chi connectivity index (χ4n) is 1.24. The minimum absolute atomic E-state index is 0.168. The number of carbonyl (C=O) groups is 1. The molecule has 1 aromatic carbocycles. The molecule has 2 amide bonds. The molecule has 0 aromatic heterocycles. The van der Waals surface area contributed by atoms with E-state index in [9.17, 15) is 9.18 Å². The number of halogens is 2. The smallest absolute Gasteiger partial charge is 0.316 e. The number of nitrogens with one attached hydrogen (secondary N) is 2. The summed E-state index contributed by atoms with van der Waals surface area (Å²) in [6.45, 7) is 0.911. The molecule has 18 heavy (non-hydrogen) atoms. The lowest BCUT2D eigenvalue weighted by molar-refractivity contribution is 0.218. The lowest BCUT2D eigenvalue weighted by Gasteiger charge is -2.13. The molecule has 0 heterocycles. The molecule has 0 aliphatic rings. The highest BCUT2D eigenvalue weighted by molar-refractivity contribution is 14.1. The first-order valence-electron chi connectivity index (χ1n) is 5.35. The molecule has 1 aromatic rings. The molecule has 0 bridgehead atoms. The Hall–Kier alpha value is -1.25. The molecule has 0 aliphatic carbocycles. The van der Waals surface area contributed by atoms with E-state index >= 15 is 0 Å². The Balaban J connectivity index is 2.45. The minimum atomic E-state index is -0.315. The maximum Gasteiger partial charge on any atom is 0.316 e. The maximum absolute atomic E-state index is 13.3. The topological polar surface area (TPSA) is 70.4 Å². The van der Waals surface area contributed by atoms with E-state index in [4.69, 9.17) is 5.73 Å². The summed E-state index contributed by atoms with van der Waals surface area (Å²) in [6.07, 6.45) is 0. The van der Waals surface area contributed by atoms with Gasteiger partial charge in [0.25, 0.3) is 0 Å². The number of nitrogens with zero attached hydrogens (tertiary/aromatic N) is 1. The van der Waals surface area contributed by atoms with Gasteiger partial charge in [-0.1, -0.05) is 0 Å². The first kappa shape index (κ1) is 14.8. The molecule has 4 N–H and O–H groups in total. The molecule has 0 atom stereocenters. The molecule has 0 saturated carbocycles. The monoisotopic (exact) mass is 366 g/mol. The number of hydrogen-bond donors (Lipinski definition) is 3. The van der Waals surface area contributed by atoms with Crippen LogP contribution >= 0.6 is 22.6 Å². The average Bonchev–Trinajstić information content (AvgIpc) is 2.30. The number of carbonyl (C=O) groups excluding carboxylic acids is 1. The number of rotatable bonds is 4. The van der Waals surface area contributed by atoms with Gasteiger partial charge in [-0.05, 0) is 28.7 Å². The van der Waals surface area contributed by atoms with E-state index in [-0.39, 0.29) is 11.8 Å². The largest absolute Gasteiger partial charge is 0.397 e. The van der Waals surface area contributed by atoms with Crippen molar-refractivity contribution in [2.75, 3.05) is 38.2 Å². The maximum atomic E-state index is 13.3. The van der Waals surface area contributed by atoms with Gasteiger partial charge in [0.05, 0.1) is 14.9 Å². The Morgan fingerprint density at radius 2 is 2.11 bits per heavy atom. The molecular weight excluding hydrogens is 350 g/mol.